The van der Waals surface area contributed by atoms with Gasteiger partial charge in [-0.15, -0.1) is 0 Å². The molecule has 1 aliphatic rings. The summed E-state index contributed by atoms with van der Waals surface area (Å²) in [6.45, 7) is 9.05. The van der Waals surface area contributed by atoms with Crippen molar-refractivity contribution in [2.75, 3.05) is 26.2 Å². The van der Waals surface area contributed by atoms with Crippen LogP contribution in [0.2, 0.25) is 10.0 Å². The van der Waals surface area contributed by atoms with Crippen LogP contribution in [0.1, 0.15) is 23.6 Å². The molecule has 1 fully saturated rings. The van der Waals surface area contributed by atoms with Gasteiger partial charge in [0.1, 0.15) is 0 Å². The largest absolute Gasteiger partial charge is 0.295 e. The molecule has 3 rings (SSSR count). The van der Waals surface area contributed by atoms with Gasteiger partial charge in [-0.2, -0.15) is 5.10 Å². The lowest BCUT2D eigenvalue weighted by Crippen LogP contribution is -2.43. The van der Waals surface area contributed by atoms with Crippen LogP contribution in [0.5, 0.6) is 0 Å². The molecule has 5 heteroatoms. The molecule has 0 spiro atoms. The molecule has 0 unspecified atom stereocenters. The average molecular weight is 376 g/mol. The minimum Gasteiger partial charge on any atom is -0.295 e. The van der Waals surface area contributed by atoms with E-state index in [1.54, 1.807) is 0 Å². The highest BCUT2D eigenvalue weighted by Crippen LogP contribution is 2.23. The van der Waals surface area contributed by atoms with Crippen molar-refractivity contribution in [1.29, 1.82) is 0 Å². The maximum Gasteiger partial charge on any atom is 0.0647 e. The third kappa shape index (κ3) is 4.97. The first kappa shape index (κ1) is 18.2. The molecule has 0 N–H and O–H groups in total. The summed E-state index contributed by atoms with van der Waals surface area (Å²) in [5, 5.41) is 8.03. The van der Waals surface area contributed by atoms with Crippen LogP contribution in [-0.4, -0.2) is 41.8 Å². The first-order valence-electron chi connectivity index (χ1n) is 8.55. The predicted molar refractivity (Wildman–Crippen MR) is 107 cm³/mol. The Labute approximate surface area is 159 Å². The molecular weight excluding hydrogens is 353 g/mol. The van der Waals surface area contributed by atoms with Gasteiger partial charge < -0.3 is 0 Å². The van der Waals surface area contributed by atoms with E-state index in [1.807, 2.05) is 25.1 Å². The zero-order valence-corrected chi connectivity index (χ0v) is 16.2. The number of rotatable bonds is 4. The molecule has 0 aromatic heterocycles. The van der Waals surface area contributed by atoms with Crippen molar-refractivity contribution in [1.82, 2.24) is 9.91 Å². The standard InChI is InChI=1S/C20H23Cl2N3/c1-15-3-5-17(6-4-15)14-24-9-11-25(12-10-24)23-16(2)18-7-8-19(21)20(22)13-18/h3-8,13H,9-12,14H2,1-2H3/b23-16-. The Balaban J connectivity index is 1.56. The van der Waals surface area contributed by atoms with Crippen LogP contribution >= 0.6 is 23.2 Å². The number of hydrogen-bond acceptors (Lipinski definition) is 3. The number of nitrogens with zero attached hydrogens (tertiary/aromatic N) is 3. The van der Waals surface area contributed by atoms with Gasteiger partial charge in [0.25, 0.3) is 0 Å². The van der Waals surface area contributed by atoms with Crippen molar-refractivity contribution in [3.63, 3.8) is 0 Å². The van der Waals surface area contributed by atoms with E-state index in [1.165, 1.54) is 11.1 Å². The Hall–Kier alpha value is -1.55. The third-order valence-corrected chi connectivity index (χ3v) is 5.24. The van der Waals surface area contributed by atoms with Crippen LogP contribution in [-0.2, 0) is 6.54 Å². The fraction of sp³-hybridized carbons (Fsp3) is 0.350. The molecule has 132 valence electrons. The molecule has 3 nitrogen and oxygen atoms in total. The monoisotopic (exact) mass is 375 g/mol. The number of hydrazone groups is 1. The molecule has 0 atom stereocenters. The zero-order chi connectivity index (χ0) is 17.8. The van der Waals surface area contributed by atoms with Gasteiger partial charge in [-0.05, 0) is 37.1 Å². The van der Waals surface area contributed by atoms with E-state index in [0.29, 0.717) is 10.0 Å². The van der Waals surface area contributed by atoms with E-state index >= 15 is 0 Å². The summed E-state index contributed by atoms with van der Waals surface area (Å²) in [5.41, 5.74) is 4.65. The van der Waals surface area contributed by atoms with E-state index in [2.05, 4.69) is 41.1 Å². The van der Waals surface area contributed by atoms with Crippen molar-refractivity contribution in [3.8, 4) is 0 Å². The lowest BCUT2D eigenvalue weighted by molar-refractivity contribution is 0.130. The maximum atomic E-state index is 6.10. The highest BCUT2D eigenvalue weighted by Gasteiger charge is 2.16. The summed E-state index contributed by atoms with van der Waals surface area (Å²) in [6.07, 6.45) is 0. The Morgan fingerprint density at radius 2 is 1.64 bits per heavy atom. The molecule has 0 bridgehead atoms. The van der Waals surface area contributed by atoms with Crippen LogP contribution in [0.3, 0.4) is 0 Å². The van der Waals surface area contributed by atoms with Crippen molar-refractivity contribution in [2.45, 2.75) is 20.4 Å². The number of aryl methyl sites for hydroxylation is 1. The zero-order valence-electron chi connectivity index (χ0n) is 14.7. The van der Waals surface area contributed by atoms with Gasteiger partial charge in [0.05, 0.1) is 15.8 Å². The predicted octanol–water partition coefficient (Wildman–Crippen LogP) is 4.84. The summed E-state index contributed by atoms with van der Waals surface area (Å²) >= 11 is 12.1. The molecule has 0 aliphatic carbocycles. The molecule has 1 heterocycles. The third-order valence-electron chi connectivity index (χ3n) is 4.50. The molecule has 0 amide bonds. The van der Waals surface area contributed by atoms with Gasteiger partial charge in [0.2, 0.25) is 0 Å². The molecule has 1 saturated heterocycles. The minimum absolute atomic E-state index is 0.566. The normalized spacial score (nSPS) is 16.3. The van der Waals surface area contributed by atoms with Crippen molar-refractivity contribution < 1.29 is 0 Å². The van der Waals surface area contributed by atoms with Crippen LogP contribution in [0.15, 0.2) is 47.6 Å². The van der Waals surface area contributed by atoms with Gasteiger partial charge in [0.15, 0.2) is 0 Å². The average Bonchev–Trinajstić information content (AvgIpc) is 2.61. The second-order valence-corrected chi connectivity index (χ2v) is 7.34. The van der Waals surface area contributed by atoms with Crippen molar-refractivity contribution in [2.24, 2.45) is 5.10 Å². The SMILES string of the molecule is C/C(=N/N1CCN(Cc2ccc(C)cc2)CC1)c1ccc(Cl)c(Cl)c1. The summed E-state index contributed by atoms with van der Waals surface area (Å²) in [7, 11) is 0. The first-order chi connectivity index (χ1) is 12.0. The highest BCUT2D eigenvalue weighted by molar-refractivity contribution is 6.42. The van der Waals surface area contributed by atoms with Crippen molar-refractivity contribution >= 4 is 28.9 Å². The van der Waals surface area contributed by atoms with Crippen LogP contribution < -0.4 is 0 Å². The van der Waals surface area contributed by atoms with Crippen LogP contribution in [0.25, 0.3) is 0 Å². The van der Waals surface area contributed by atoms with Gasteiger partial charge in [-0.25, -0.2) is 0 Å². The number of benzene rings is 2. The second kappa shape index (κ2) is 8.22. The molecule has 0 radical (unpaired) electrons. The summed E-state index contributed by atoms with van der Waals surface area (Å²) < 4.78 is 0. The molecular formula is C20H23Cl2N3. The summed E-state index contributed by atoms with van der Waals surface area (Å²) in [6, 6.07) is 14.4. The lowest BCUT2D eigenvalue weighted by Gasteiger charge is -2.33. The quantitative estimate of drug-likeness (QED) is 0.711. The van der Waals surface area contributed by atoms with Gasteiger partial charge >= 0.3 is 0 Å². The molecule has 2 aromatic rings. The summed E-state index contributed by atoms with van der Waals surface area (Å²) in [4.78, 5) is 2.48. The van der Waals surface area contributed by atoms with E-state index in [-0.39, 0.29) is 0 Å². The summed E-state index contributed by atoms with van der Waals surface area (Å²) in [5.74, 6) is 0. The maximum absolute atomic E-state index is 6.10. The number of piperazine rings is 1. The molecule has 1 aliphatic heterocycles. The van der Waals surface area contributed by atoms with Gasteiger partial charge in [0, 0.05) is 32.7 Å². The smallest absolute Gasteiger partial charge is 0.0647 e. The van der Waals surface area contributed by atoms with E-state index in [4.69, 9.17) is 28.3 Å². The van der Waals surface area contributed by atoms with E-state index in [0.717, 1.165) is 44.0 Å². The lowest BCUT2D eigenvalue weighted by atomic mass is 10.1. The Bertz CT molecular complexity index is 748. The number of hydrogen-bond donors (Lipinski definition) is 0. The highest BCUT2D eigenvalue weighted by atomic mass is 35.5. The minimum atomic E-state index is 0.566. The topological polar surface area (TPSA) is 18.8 Å². The Kier molecular flexibility index (Phi) is 6.00. The van der Waals surface area contributed by atoms with Gasteiger partial charge in [-0.3, -0.25) is 9.91 Å². The molecule has 25 heavy (non-hydrogen) atoms. The van der Waals surface area contributed by atoms with Crippen LogP contribution in [0, 0.1) is 6.92 Å². The molecule has 0 saturated carbocycles. The van der Waals surface area contributed by atoms with Crippen LogP contribution in [0.4, 0.5) is 0 Å². The van der Waals surface area contributed by atoms with E-state index < -0.39 is 0 Å². The fourth-order valence-electron chi connectivity index (χ4n) is 2.94. The van der Waals surface area contributed by atoms with E-state index in [9.17, 15) is 0 Å². The fourth-order valence-corrected chi connectivity index (χ4v) is 3.24. The van der Waals surface area contributed by atoms with Gasteiger partial charge in [-0.1, -0.05) is 59.1 Å². The van der Waals surface area contributed by atoms with Crippen molar-refractivity contribution in [3.05, 3.63) is 69.2 Å². The Morgan fingerprint density at radius 1 is 0.960 bits per heavy atom. The number of halogens is 2. The Morgan fingerprint density at radius 3 is 2.28 bits per heavy atom. The second-order valence-electron chi connectivity index (χ2n) is 6.53. The first-order valence-corrected chi connectivity index (χ1v) is 9.30. The molecule has 2 aromatic carbocycles.